The van der Waals surface area contributed by atoms with Gasteiger partial charge in [-0.3, -0.25) is 4.79 Å². The first kappa shape index (κ1) is 12.4. The normalized spacial score (nSPS) is 12.5. The number of nitrogens with two attached hydrogens (primary N) is 1. The second-order valence-electron chi connectivity index (χ2n) is 2.97. The Morgan fingerprint density at radius 2 is 2.31 bits per heavy atom. The summed E-state index contributed by atoms with van der Waals surface area (Å²) in [5, 5.41) is 2.78. The van der Waals surface area contributed by atoms with Crippen LogP contribution >= 0.6 is 0 Å². The van der Waals surface area contributed by atoms with E-state index in [9.17, 15) is 4.79 Å². The van der Waals surface area contributed by atoms with Crippen LogP contribution in [0, 0.1) is 5.92 Å². The molecule has 0 radical (unpaired) electrons. The molecule has 0 aromatic heterocycles. The van der Waals surface area contributed by atoms with Crippen molar-refractivity contribution in [2.24, 2.45) is 11.7 Å². The smallest absolute Gasteiger partial charge is 0.222 e. The van der Waals surface area contributed by atoms with Crippen LogP contribution in [0.3, 0.4) is 0 Å². The number of carbonyl (C=O) groups is 1. The zero-order valence-corrected chi connectivity index (χ0v) is 8.51. The minimum atomic E-state index is 0.00614. The Hall–Kier alpha value is -0.610. The van der Waals surface area contributed by atoms with Crippen molar-refractivity contribution in [1.82, 2.24) is 5.32 Å². The van der Waals surface area contributed by atoms with E-state index >= 15 is 0 Å². The van der Waals surface area contributed by atoms with E-state index in [1.54, 1.807) is 0 Å². The lowest BCUT2D eigenvalue weighted by atomic mass is 10.1. The molecule has 3 N–H and O–H groups in total. The zero-order chi connectivity index (χ0) is 10.1. The molecule has 1 unspecified atom stereocenters. The largest absolute Gasteiger partial charge is 0.380 e. The fourth-order valence-electron chi connectivity index (χ4n) is 0.946. The summed E-state index contributed by atoms with van der Waals surface area (Å²) < 4.78 is 5.08. The van der Waals surface area contributed by atoms with Gasteiger partial charge in [0.25, 0.3) is 0 Å². The maximum Gasteiger partial charge on any atom is 0.222 e. The summed E-state index contributed by atoms with van der Waals surface area (Å²) in [5.41, 5.74) is 5.34. The van der Waals surface area contributed by atoms with Crippen molar-refractivity contribution in [3.8, 4) is 0 Å². The van der Waals surface area contributed by atoms with Gasteiger partial charge in [0.05, 0.1) is 6.61 Å². The molecule has 0 spiro atoms. The van der Waals surface area contributed by atoms with E-state index in [4.69, 9.17) is 10.5 Å². The third-order valence-corrected chi connectivity index (χ3v) is 1.80. The molecule has 4 heteroatoms. The summed E-state index contributed by atoms with van der Waals surface area (Å²) in [6.45, 7) is 6.22. The molecule has 0 saturated heterocycles. The Morgan fingerprint density at radius 1 is 1.62 bits per heavy atom. The highest BCUT2D eigenvalue weighted by Gasteiger charge is 2.10. The summed E-state index contributed by atoms with van der Waals surface area (Å²) >= 11 is 0. The molecular formula is C9H20N2O2. The minimum Gasteiger partial charge on any atom is -0.380 e. The van der Waals surface area contributed by atoms with Crippen LogP contribution in [-0.4, -0.2) is 32.2 Å². The van der Waals surface area contributed by atoms with Gasteiger partial charge in [0.15, 0.2) is 0 Å². The van der Waals surface area contributed by atoms with Crippen molar-refractivity contribution < 1.29 is 9.53 Å². The van der Waals surface area contributed by atoms with Gasteiger partial charge in [-0.2, -0.15) is 0 Å². The van der Waals surface area contributed by atoms with E-state index in [-0.39, 0.29) is 11.8 Å². The summed E-state index contributed by atoms with van der Waals surface area (Å²) in [7, 11) is 0. The topological polar surface area (TPSA) is 64.3 Å². The molecule has 0 aliphatic rings. The Kier molecular flexibility index (Phi) is 7.63. The predicted octanol–water partition coefficient (Wildman–Crippen LogP) is 0.124. The van der Waals surface area contributed by atoms with Crippen LogP contribution in [-0.2, 0) is 9.53 Å². The monoisotopic (exact) mass is 188 g/mol. The fraction of sp³-hybridized carbons (Fsp3) is 0.889. The number of nitrogens with one attached hydrogen (secondary N) is 1. The van der Waals surface area contributed by atoms with E-state index in [1.807, 2.05) is 13.8 Å². The van der Waals surface area contributed by atoms with Gasteiger partial charge in [-0.15, -0.1) is 0 Å². The quantitative estimate of drug-likeness (QED) is 0.558. The molecule has 0 heterocycles. The van der Waals surface area contributed by atoms with Gasteiger partial charge in [0.1, 0.15) is 0 Å². The van der Waals surface area contributed by atoms with Crippen LogP contribution in [0.25, 0.3) is 0 Å². The number of carbonyl (C=O) groups excluding carboxylic acids is 1. The van der Waals surface area contributed by atoms with Crippen molar-refractivity contribution in [3.63, 3.8) is 0 Å². The van der Waals surface area contributed by atoms with Gasteiger partial charge in [-0.25, -0.2) is 0 Å². The van der Waals surface area contributed by atoms with Crippen molar-refractivity contribution in [2.45, 2.75) is 20.3 Å². The molecule has 0 saturated carbocycles. The summed E-state index contributed by atoms with van der Waals surface area (Å²) in [6, 6.07) is 0. The van der Waals surface area contributed by atoms with Crippen LogP contribution in [0.1, 0.15) is 20.3 Å². The molecule has 1 atom stereocenters. The van der Waals surface area contributed by atoms with Gasteiger partial charge in [0, 0.05) is 19.1 Å². The Balaban J connectivity index is 3.38. The SMILES string of the molecule is CCOCCNC(=O)C(C)CCN. The highest BCUT2D eigenvalue weighted by molar-refractivity contribution is 5.78. The average Bonchev–Trinajstić information content (AvgIpc) is 2.12. The number of hydrogen-bond acceptors (Lipinski definition) is 3. The lowest BCUT2D eigenvalue weighted by molar-refractivity contribution is -0.124. The van der Waals surface area contributed by atoms with E-state index in [0.717, 1.165) is 6.42 Å². The lowest BCUT2D eigenvalue weighted by Crippen LogP contribution is -2.32. The second kappa shape index (κ2) is 8.01. The second-order valence-corrected chi connectivity index (χ2v) is 2.97. The van der Waals surface area contributed by atoms with Crippen molar-refractivity contribution in [2.75, 3.05) is 26.3 Å². The molecule has 0 rings (SSSR count). The van der Waals surface area contributed by atoms with Gasteiger partial charge in [-0.1, -0.05) is 6.92 Å². The predicted molar refractivity (Wildman–Crippen MR) is 52.3 cm³/mol. The van der Waals surface area contributed by atoms with Gasteiger partial charge in [0.2, 0.25) is 5.91 Å². The molecule has 4 nitrogen and oxygen atoms in total. The van der Waals surface area contributed by atoms with Crippen LogP contribution in [0.2, 0.25) is 0 Å². The van der Waals surface area contributed by atoms with E-state index in [1.165, 1.54) is 0 Å². The third-order valence-electron chi connectivity index (χ3n) is 1.80. The maximum atomic E-state index is 11.3. The minimum absolute atomic E-state index is 0.00614. The highest BCUT2D eigenvalue weighted by Crippen LogP contribution is 1.98. The fourth-order valence-corrected chi connectivity index (χ4v) is 0.946. The van der Waals surface area contributed by atoms with Gasteiger partial charge < -0.3 is 15.8 Å². The maximum absolute atomic E-state index is 11.3. The average molecular weight is 188 g/mol. The molecule has 78 valence electrons. The van der Waals surface area contributed by atoms with Crippen LogP contribution in [0.5, 0.6) is 0 Å². The molecule has 0 aromatic rings. The Morgan fingerprint density at radius 3 is 2.85 bits per heavy atom. The molecule has 0 bridgehead atoms. The van der Waals surface area contributed by atoms with Gasteiger partial charge >= 0.3 is 0 Å². The Labute approximate surface area is 79.8 Å². The van der Waals surface area contributed by atoms with Crippen LogP contribution < -0.4 is 11.1 Å². The zero-order valence-electron chi connectivity index (χ0n) is 8.51. The highest BCUT2D eigenvalue weighted by atomic mass is 16.5. The molecule has 13 heavy (non-hydrogen) atoms. The first-order valence-electron chi connectivity index (χ1n) is 4.77. The van der Waals surface area contributed by atoms with Crippen molar-refractivity contribution in [1.29, 1.82) is 0 Å². The van der Waals surface area contributed by atoms with E-state index < -0.39 is 0 Å². The number of amides is 1. The Bertz CT molecular complexity index is 140. The molecular weight excluding hydrogens is 168 g/mol. The molecule has 0 aliphatic heterocycles. The van der Waals surface area contributed by atoms with Crippen molar-refractivity contribution >= 4 is 5.91 Å². The lowest BCUT2D eigenvalue weighted by Gasteiger charge is -2.10. The van der Waals surface area contributed by atoms with Crippen molar-refractivity contribution in [3.05, 3.63) is 0 Å². The number of rotatable bonds is 7. The van der Waals surface area contributed by atoms with E-state index in [0.29, 0.717) is 26.3 Å². The third kappa shape index (κ3) is 6.54. The first-order chi connectivity index (χ1) is 6.22. The summed E-state index contributed by atoms with van der Waals surface area (Å²) in [6.07, 6.45) is 0.737. The van der Waals surface area contributed by atoms with Gasteiger partial charge in [-0.05, 0) is 19.9 Å². The molecule has 0 aliphatic carbocycles. The summed E-state index contributed by atoms with van der Waals surface area (Å²) in [5.74, 6) is 0.0665. The summed E-state index contributed by atoms with van der Waals surface area (Å²) in [4.78, 5) is 11.3. The first-order valence-corrected chi connectivity index (χ1v) is 4.77. The molecule has 1 amide bonds. The molecule has 0 aromatic carbocycles. The number of hydrogen-bond donors (Lipinski definition) is 2. The van der Waals surface area contributed by atoms with E-state index in [2.05, 4.69) is 5.32 Å². The van der Waals surface area contributed by atoms with Crippen LogP contribution in [0.15, 0.2) is 0 Å². The standard InChI is InChI=1S/C9H20N2O2/c1-3-13-7-6-11-9(12)8(2)4-5-10/h8H,3-7,10H2,1-2H3,(H,11,12). The molecule has 0 fully saturated rings. The van der Waals surface area contributed by atoms with Crippen LogP contribution in [0.4, 0.5) is 0 Å². The number of ether oxygens (including phenoxy) is 1.